The Kier molecular flexibility index (Phi) is 9.91. The fraction of sp³-hybridized carbons (Fsp3) is 0.647. The Morgan fingerprint density at radius 2 is 2.20 bits per heavy atom. The zero-order chi connectivity index (χ0) is 18.7. The molecule has 0 radical (unpaired) electrons. The van der Waals surface area contributed by atoms with Crippen molar-refractivity contribution >= 4 is 23.5 Å². The van der Waals surface area contributed by atoms with Crippen molar-refractivity contribution in [1.29, 1.82) is 0 Å². The maximum Gasteiger partial charge on any atom is 0.406 e. The fourth-order valence-corrected chi connectivity index (χ4v) is 3.04. The molecule has 140 valence electrons. The van der Waals surface area contributed by atoms with Crippen molar-refractivity contribution in [2.45, 2.75) is 50.8 Å². The molecule has 1 rings (SSSR count). The topological polar surface area (TPSA) is 91.6 Å². The summed E-state index contributed by atoms with van der Waals surface area (Å²) in [6.45, 7) is 4.74. The molecule has 1 aromatic heterocycles. The molecule has 1 aromatic rings. The molecule has 0 aliphatic carbocycles. The van der Waals surface area contributed by atoms with Gasteiger partial charge in [-0.05, 0) is 22.2 Å². The Bertz CT molecular complexity index is 568. The van der Waals surface area contributed by atoms with Crippen LogP contribution in [0.5, 0.6) is 5.75 Å². The van der Waals surface area contributed by atoms with Crippen molar-refractivity contribution in [2.24, 2.45) is 5.92 Å². The van der Waals surface area contributed by atoms with Gasteiger partial charge in [-0.3, -0.25) is 4.79 Å². The molecule has 0 N–H and O–H groups in total. The molecule has 1 unspecified atom stereocenters. The molecule has 25 heavy (non-hydrogen) atoms. The normalized spacial score (nSPS) is 11.8. The van der Waals surface area contributed by atoms with Gasteiger partial charge in [0.2, 0.25) is 5.75 Å². The lowest BCUT2D eigenvalue weighted by Gasteiger charge is -2.14. The number of thioether (sulfide) groups is 1. The Labute approximate surface area is 152 Å². The van der Waals surface area contributed by atoms with Crippen LogP contribution in [0, 0.1) is 16.0 Å². The molecule has 0 amide bonds. The van der Waals surface area contributed by atoms with Gasteiger partial charge < -0.3 is 19.6 Å². The molecule has 1 atom stereocenters. The van der Waals surface area contributed by atoms with E-state index in [1.165, 1.54) is 25.1 Å². The summed E-state index contributed by atoms with van der Waals surface area (Å²) in [6, 6.07) is 1.55. The molecule has 0 fully saturated rings. The number of ether oxygens (including phenoxy) is 2. The first-order chi connectivity index (χ1) is 12.0. The van der Waals surface area contributed by atoms with E-state index in [9.17, 15) is 14.9 Å². The van der Waals surface area contributed by atoms with Crippen LogP contribution in [-0.2, 0) is 9.53 Å². The first kappa shape index (κ1) is 21.2. The number of pyridine rings is 1. The Balaban J connectivity index is 2.39. The van der Waals surface area contributed by atoms with Crippen molar-refractivity contribution in [3.05, 3.63) is 22.4 Å². The number of methoxy groups -OCH3 is 1. The van der Waals surface area contributed by atoms with Crippen LogP contribution in [0.2, 0.25) is 0 Å². The largest absolute Gasteiger partial charge is 0.489 e. The average molecular weight is 370 g/mol. The summed E-state index contributed by atoms with van der Waals surface area (Å²) in [5, 5.41) is 10.8. The molecular weight excluding hydrogens is 344 g/mol. The SMILES string of the molecule is CCCCC(CC)COC(=O)CCSc1cnc([N+](=O)[O-])c(OC)c1. The number of nitro groups is 1. The maximum absolute atomic E-state index is 11.8. The lowest BCUT2D eigenvalue weighted by molar-refractivity contribution is -0.390. The van der Waals surface area contributed by atoms with Gasteiger partial charge >= 0.3 is 11.8 Å². The summed E-state index contributed by atoms with van der Waals surface area (Å²) in [7, 11) is 1.36. The van der Waals surface area contributed by atoms with Gasteiger partial charge in [-0.1, -0.05) is 33.1 Å². The van der Waals surface area contributed by atoms with Crippen molar-refractivity contribution < 1.29 is 19.2 Å². The number of rotatable bonds is 12. The van der Waals surface area contributed by atoms with Crippen LogP contribution in [0.4, 0.5) is 5.82 Å². The first-order valence-corrected chi connectivity index (χ1v) is 9.47. The van der Waals surface area contributed by atoms with Gasteiger partial charge in [0.05, 0.1) is 25.0 Å². The van der Waals surface area contributed by atoms with Gasteiger partial charge in [-0.2, -0.15) is 0 Å². The van der Waals surface area contributed by atoms with Crippen LogP contribution >= 0.6 is 11.8 Å². The second kappa shape index (κ2) is 11.7. The molecule has 0 spiro atoms. The van der Waals surface area contributed by atoms with Crippen LogP contribution in [0.1, 0.15) is 46.0 Å². The predicted molar refractivity (Wildman–Crippen MR) is 97.0 cm³/mol. The first-order valence-electron chi connectivity index (χ1n) is 8.48. The second-order valence-corrected chi connectivity index (χ2v) is 6.82. The monoisotopic (exact) mass is 370 g/mol. The number of nitrogens with zero attached hydrogens (tertiary/aromatic N) is 2. The molecular formula is C17H26N2O5S. The molecule has 0 saturated heterocycles. The Morgan fingerprint density at radius 1 is 1.44 bits per heavy atom. The van der Waals surface area contributed by atoms with Gasteiger partial charge in [0, 0.05) is 11.8 Å². The maximum atomic E-state index is 11.8. The third-order valence-corrected chi connectivity index (χ3v) is 4.76. The number of hydrogen-bond donors (Lipinski definition) is 0. The van der Waals surface area contributed by atoms with Crippen LogP contribution in [0.3, 0.4) is 0 Å². The zero-order valence-corrected chi connectivity index (χ0v) is 15.8. The molecule has 1 heterocycles. The van der Waals surface area contributed by atoms with Crippen LogP contribution in [-0.4, -0.2) is 35.3 Å². The predicted octanol–water partition coefficient (Wildman–Crippen LogP) is 4.24. The highest BCUT2D eigenvalue weighted by Crippen LogP contribution is 2.29. The van der Waals surface area contributed by atoms with Gasteiger partial charge in [0.25, 0.3) is 0 Å². The van der Waals surface area contributed by atoms with E-state index in [2.05, 4.69) is 18.8 Å². The van der Waals surface area contributed by atoms with Gasteiger partial charge in [0.15, 0.2) is 6.20 Å². The Hall–Kier alpha value is -1.83. The summed E-state index contributed by atoms with van der Waals surface area (Å²) < 4.78 is 10.3. The van der Waals surface area contributed by atoms with Gasteiger partial charge in [-0.15, -0.1) is 11.8 Å². The number of carbonyl (C=O) groups excluding carboxylic acids is 1. The minimum Gasteiger partial charge on any atom is -0.489 e. The van der Waals surface area contributed by atoms with E-state index in [1.807, 2.05) is 0 Å². The summed E-state index contributed by atoms with van der Waals surface area (Å²) in [4.78, 5) is 26.5. The highest BCUT2D eigenvalue weighted by Gasteiger charge is 2.17. The van der Waals surface area contributed by atoms with E-state index in [0.717, 1.165) is 25.7 Å². The smallest absolute Gasteiger partial charge is 0.406 e. The van der Waals surface area contributed by atoms with E-state index in [1.54, 1.807) is 6.07 Å². The van der Waals surface area contributed by atoms with E-state index in [4.69, 9.17) is 9.47 Å². The van der Waals surface area contributed by atoms with E-state index in [0.29, 0.717) is 23.2 Å². The molecule has 0 aliphatic rings. The lowest BCUT2D eigenvalue weighted by atomic mass is 10.0. The lowest BCUT2D eigenvalue weighted by Crippen LogP contribution is -2.14. The summed E-state index contributed by atoms with van der Waals surface area (Å²) in [5.41, 5.74) is 0. The molecule has 0 aromatic carbocycles. The van der Waals surface area contributed by atoms with E-state index in [-0.39, 0.29) is 24.0 Å². The van der Waals surface area contributed by atoms with E-state index >= 15 is 0 Å². The second-order valence-electron chi connectivity index (χ2n) is 5.65. The summed E-state index contributed by atoms with van der Waals surface area (Å²) in [5.74, 6) is 0.528. The van der Waals surface area contributed by atoms with E-state index < -0.39 is 4.92 Å². The number of carbonyl (C=O) groups is 1. The highest BCUT2D eigenvalue weighted by molar-refractivity contribution is 7.99. The number of esters is 1. The molecule has 0 aliphatic heterocycles. The third-order valence-electron chi connectivity index (χ3n) is 3.80. The van der Waals surface area contributed by atoms with Gasteiger partial charge in [-0.25, -0.2) is 0 Å². The third kappa shape index (κ3) is 7.72. The zero-order valence-electron chi connectivity index (χ0n) is 15.0. The fourth-order valence-electron chi connectivity index (χ4n) is 2.22. The standard InChI is InChI=1S/C17H26N2O5S/c1-4-6-7-13(5-2)12-24-16(20)8-9-25-14-10-15(23-3)17(18-11-14)19(21)22/h10-11,13H,4-9,12H2,1-3H3. The van der Waals surface area contributed by atoms with Crippen LogP contribution in [0.25, 0.3) is 0 Å². The minimum atomic E-state index is -0.590. The highest BCUT2D eigenvalue weighted by atomic mass is 32.2. The summed E-state index contributed by atoms with van der Waals surface area (Å²) in [6.07, 6.45) is 6.09. The number of aromatic nitrogens is 1. The van der Waals surface area contributed by atoms with Crippen LogP contribution in [0.15, 0.2) is 17.2 Å². The number of hydrogen-bond acceptors (Lipinski definition) is 7. The molecule has 7 nitrogen and oxygen atoms in total. The molecule has 0 saturated carbocycles. The molecule has 8 heteroatoms. The van der Waals surface area contributed by atoms with Crippen LogP contribution < -0.4 is 4.74 Å². The quantitative estimate of drug-likeness (QED) is 0.235. The molecule has 0 bridgehead atoms. The summed E-state index contributed by atoms with van der Waals surface area (Å²) >= 11 is 1.39. The van der Waals surface area contributed by atoms with Crippen molar-refractivity contribution in [2.75, 3.05) is 19.5 Å². The van der Waals surface area contributed by atoms with Crippen molar-refractivity contribution in [3.63, 3.8) is 0 Å². The number of unbranched alkanes of at least 4 members (excludes halogenated alkanes) is 1. The van der Waals surface area contributed by atoms with Crippen molar-refractivity contribution in [1.82, 2.24) is 4.98 Å². The Morgan fingerprint density at radius 3 is 2.80 bits per heavy atom. The van der Waals surface area contributed by atoms with Gasteiger partial charge in [0.1, 0.15) is 0 Å². The minimum absolute atomic E-state index is 0.110. The van der Waals surface area contributed by atoms with Crippen molar-refractivity contribution in [3.8, 4) is 5.75 Å². The average Bonchev–Trinajstić information content (AvgIpc) is 2.61.